The summed E-state index contributed by atoms with van der Waals surface area (Å²) in [6, 6.07) is 6.78. The number of benzene rings is 1. The molecular formula is C11H17BN2O3. The number of aryl methyl sites for hydroxylation is 1. The van der Waals surface area contributed by atoms with Crippen molar-refractivity contribution in [3.05, 3.63) is 29.8 Å². The van der Waals surface area contributed by atoms with Crippen LogP contribution in [0.2, 0.25) is 0 Å². The van der Waals surface area contributed by atoms with Crippen LogP contribution in [0.15, 0.2) is 24.3 Å². The summed E-state index contributed by atoms with van der Waals surface area (Å²) in [5.41, 5.74) is 1.83. The van der Waals surface area contributed by atoms with Crippen LogP contribution in [0.5, 0.6) is 0 Å². The maximum Gasteiger partial charge on any atom is 0.361 e. The Hall–Kier alpha value is -1.37. The van der Waals surface area contributed by atoms with Crippen molar-refractivity contribution in [1.29, 1.82) is 0 Å². The number of nitrogens with one attached hydrogen (secondary N) is 2. The molecule has 6 heteroatoms. The van der Waals surface area contributed by atoms with Gasteiger partial charge in [-0.15, -0.1) is 0 Å². The fourth-order valence-electron chi connectivity index (χ4n) is 1.29. The maximum absolute atomic E-state index is 11.7. The van der Waals surface area contributed by atoms with Gasteiger partial charge < -0.3 is 20.3 Å². The predicted octanol–water partition coefficient (Wildman–Crippen LogP) is -0.203. The van der Waals surface area contributed by atoms with Gasteiger partial charge in [0.25, 0.3) is 0 Å². The van der Waals surface area contributed by atoms with Gasteiger partial charge in [0.2, 0.25) is 5.91 Å². The Kier molecular flexibility index (Phi) is 5.69. The summed E-state index contributed by atoms with van der Waals surface area (Å²) in [5, 5.41) is 14.5. The number of carbonyl (C=O) groups is 1. The van der Waals surface area contributed by atoms with E-state index >= 15 is 0 Å². The van der Waals surface area contributed by atoms with Gasteiger partial charge in [0.15, 0.2) is 0 Å². The minimum Gasteiger partial charge on any atom is -0.427 e. The molecule has 0 aliphatic heterocycles. The minimum absolute atomic E-state index is 0.215. The van der Waals surface area contributed by atoms with Crippen LogP contribution in [0.4, 0.5) is 5.69 Å². The highest BCUT2D eigenvalue weighted by Gasteiger charge is 2.16. The highest BCUT2D eigenvalue weighted by atomic mass is 16.4. The number of aliphatic hydroxyl groups excluding tert-OH is 1. The molecule has 0 bridgehead atoms. The zero-order valence-electron chi connectivity index (χ0n) is 10.1. The van der Waals surface area contributed by atoms with E-state index in [4.69, 9.17) is 9.76 Å². The Bertz CT molecular complexity index is 356. The third-order valence-corrected chi connectivity index (χ3v) is 2.29. The summed E-state index contributed by atoms with van der Waals surface area (Å²) in [4.78, 5) is 11.7. The summed E-state index contributed by atoms with van der Waals surface area (Å²) in [7, 11) is 1.73. The number of amides is 1. The van der Waals surface area contributed by atoms with Gasteiger partial charge in [0.05, 0.1) is 6.61 Å². The highest BCUT2D eigenvalue weighted by Crippen LogP contribution is 2.08. The van der Waals surface area contributed by atoms with E-state index in [1.54, 1.807) is 0 Å². The van der Waals surface area contributed by atoms with E-state index in [9.17, 15) is 4.79 Å². The molecule has 0 saturated heterocycles. The van der Waals surface area contributed by atoms with Crippen LogP contribution < -0.4 is 10.5 Å². The summed E-state index contributed by atoms with van der Waals surface area (Å²) >= 11 is 0. The molecule has 0 unspecified atom stereocenters. The molecule has 1 amide bonds. The maximum atomic E-state index is 11.7. The van der Waals surface area contributed by atoms with Crippen LogP contribution in [0, 0.1) is 6.92 Å². The van der Waals surface area contributed by atoms with E-state index in [1.165, 1.54) is 7.11 Å². The van der Waals surface area contributed by atoms with Gasteiger partial charge in [-0.2, -0.15) is 0 Å². The van der Waals surface area contributed by atoms with Crippen LogP contribution in [0.25, 0.3) is 0 Å². The number of hydrogen-bond donors (Lipinski definition) is 3. The first-order valence-electron chi connectivity index (χ1n) is 5.38. The molecule has 92 valence electrons. The Labute approximate surface area is 101 Å². The van der Waals surface area contributed by atoms with Gasteiger partial charge in [-0.05, 0) is 19.1 Å². The molecular weight excluding hydrogens is 219 g/mol. The average Bonchev–Trinajstić information content (AvgIpc) is 2.33. The largest absolute Gasteiger partial charge is 0.427 e. The van der Waals surface area contributed by atoms with Crippen molar-refractivity contribution in [2.24, 2.45) is 0 Å². The fraction of sp³-hybridized carbons (Fsp3) is 0.364. The van der Waals surface area contributed by atoms with Crippen molar-refractivity contribution in [2.45, 2.75) is 13.0 Å². The molecule has 0 spiro atoms. The quantitative estimate of drug-likeness (QED) is 0.598. The van der Waals surface area contributed by atoms with Crippen molar-refractivity contribution in [3.63, 3.8) is 0 Å². The predicted molar refractivity (Wildman–Crippen MR) is 68.0 cm³/mol. The summed E-state index contributed by atoms with van der Waals surface area (Å²) in [5.74, 6) is -0.284. The van der Waals surface area contributed by atoms with Gasteiger partial charge in [-0.3, -0.25) is 4.79 Å². The molecule has 1 aromatic carbocycles. The standard InChI is InChI=1S/C11H17BN2O3/c1-8-3-5-9(6-4-8)13-11(16)10(7-15)14-12-17-2/h3-6,10,12,14-15H,7H2,1-2H3,(H,13,16)/t10-/m0/s1. The third-order valence-electron chi connectivity index (χ3n) is 2.29. The zero-order valence-corrected chi connectivity index (χ0v) is 10.1. The van der Waals surface area contributed by atoms with Crippen LogP contribution in [0.3, 0.4) is 0 Å². The number of rotatable bonds is 6. The first kappa shape index (κ1) is 13.7. The van der Waals surface area contributed by atoms with Crippen LogP contribution >= 0.6 is 0 Å². The van der Waals surface area contributed by atoms with Crippen molar-refractivity contribution in [3.8, 4) is 0 Å². The molecule has 1 atom stereocenters. The van der Waals surface area contributed by atoms with Crippen molar-refractivity contribution in [1.82, 2.24) is 5.23 Å². The van der Waals surface area contributed by atoms with E-state index in [0.717, 1.165) is 5.56 Å². The molecule has 0 aromatic heterocycles. The molecule has 0 heterocycles. The van der Waals surface area contributed by atoms with Gasteiger partial charge in [0, 0.05) is 12.8 Å². The minimum atomic E-state index is -0.670. The zero-order chi connectivity index (χ0) is 12.7. The molecule has 17 heavy (non-hydrogen) atoms. The lowest BCUT2D eigenvalue weighted by atomic mass is 10.1. The number of anilines is 1. The lowest BCUT2D eigenvalue weighted by Gasteiger charge is -2.15. The summed E-state index contributed by atoms with van der Waals surface area (Å²) in [6.07, 6.45) is 0. The molecule has 0 saturated carbocycles. The Morgan fingerprint density at radius 1 is 1.47 bits per heavy atom. The van der Waals surface area contributed by atoms with Gasteiger partial charge in [-0.1, -0.05) is 17.7 Å². The topological polar surface area (TPSA) is 70.6 Å². The number of aliphatic hydroxyl groups is 1. The molecule has 0 radical (unpaired) electrons. The van der Waals surface area contributed by atoms with Gasteiger partial charge in [0.1, 0.15) is 6.04 Å². The second-order valence-electron chi connectivity index (χ2n) is 3.73. The van der Waals surface area contributed by atoms with Crippen LogP contribution in [-0.2, 0) is 9.45 Å². The van der Waals surface area contributed by atoms with Crippen LogP contribution in [-0.4, -0.2) is 38.4 Å². The fourth-order valence-corrected chi connectivity index (χ4v) is 1.29. The lowest BCUT2D eigenvalue weighted by Crippen LogP contribution is -2.45. The van der Waals surface area contributed by atoms with Crippen molar-refractivity contribution < 1.29 is 14.6 Å². The molecule has 1 rings (SSSR count). The summed E-state index contributed by atoms with van der Waals surface area (Å²) in [6.45, 7) is 1.70. The SMILES string of the molecule is COBN[C@@H](CO)C(=O)Nc1ccc(C)cc1. The molecule has 0 aliphatic carbocycles. The van der Waals surface area contributed by atoms with E-state index in [2.05, 4.69) is 10.5 Å². The lowest BCUT2D eigenvalue weighted by molar-refractivity contribution is -0.118. The van der Waals surface area contributed by atoms with Crippen molar-refractivity contribution in [2.75, 3.05) is 19.0 Å². The average molecular weight is 236 g/mol. The molecule has 0 aliphatic rings. The third kappa shape index (κ3) is 4.56. The highest BCUT2D eigenvalue weighted by molar-refractivity contribution is 6.24. The van der Waals surface area contributed by atoms with Gasteiger partial charge in [-0.25, -0.2) is 0 Å². The van der Waals surface area contributed by atoms with Crippen LogP contribution in [0.1, 0.15) is 5.56 Å². The van der Waals surface area contributed by atoms with E-state index < -0.39 is 6.04 Å². The normalized spacial score (nSPS) is 11.9. The van der Waals surface area contributed by atoms with E-state index in [-0.39, 0.29) is 20.1 Å². The van der Waals surface area contributed by atoms with Gasteiger partial charge >= 0.3 is 7.62 Å². The molecule has 1 aromatic rings. The first-order chi connectivity index (χ1) is 8.17. The Balaban J connectivity index is 2.54. The second-order valence-corrected chi connectivity index (χ2v) is 3.73. The van der Waals surface area contributed by atoms with E-state index in [1.807, 2.05) is 31.2 Å². The molecule has 5 nitrogen and oxygen atoms in total. The smallest absolute Gasteiger partial charge is 0.361 e. The monoisotopic (exact) mass is 236 g/mol. The number of hydrogen-bond acceptors (Lipinski definition) is 4. The van der Waals surface area contributed by atoms with Crippen molar-refractivity contribution >= 4 is 19.2 Å². The Morgan fingerprint density at radius 2 is 2.12 bits per heavy atom. The first-order valence-corrected chi connectivity index (χ1v) is 5.38. The van der Waals surface area contributed by atoms with E-state index in [0.29, 0.717) is 5.69 Å². The summed E-state index contributed by atoms with van der Waals surface area (Å²) < 4.78 is 4.79. The number of carbonyl (C=O) groups excluding carboxylic acids is 1. The second kappa shape index (κ2) is 7.06. The molecule has 3 N–H and O–H groups in total. The molecule has 0 fully saturated rings. The Morgan fingerprint density at radius 3 is 2.65 bits per heavy atom.